The lowest BCUT2D eigenvalue weighted by atomic mass is 9.93. The van der Waals surface area contributed by atoms with Crippen LogP contribution in [0.1, 0.15) is 33.4 Å². The van der Waals surface area contributed by atoms with Crippen molar-refractivity contribution >= 4 is 22.0 Å². The van der Waals surface area contributed by atoms with Gasteiger partial charge in [0.25, 0.3) is 0 Å². The van der Waals surface area contributed by atoms with Crippen molar-refractivity contribution in [2.45, 2.75) is 19.0 Å². The Labute approximate surface area is 296 Å². The molecule has 0 spiro atoms. The van der Waals surface area contributed by atoms with Crippen molar-refractivity contribution in [1.29, 1.82) is 0 Å². The summed E-state index contributed by atoms with van der Waals surface area (Å²) in [6.07, 6.45) is 5.18. The molecule has 7 rings (SSSR count). The summed E-state index contributed by atoms with van der Waals surface area (Å²) >= 11 is 0. The summed E-state index contributed by atoms with van der Waals surface area (Å²) in [5, 5.41) is 2.61. The van der Waals surface area contributed by atoms with Gasteiger partial charge in [0.2, 0.25) is 0 Å². The molecular formula is C47H43N3. The predicted molar refractivity (Wildman–Crippen MR) is 213 cm³/mol. The second-order valence-electron chi connectivity index (χ2n) is 12.5. The fourth-order valence-corrected chi connectivity index (χ4v) is 6.18. The largest absolute Gasteiger partial charge is 0.398 e. The zero-order valence-electron chi connectivity index (χ0n) is 28.4. The van der Waals surface area contributed by atoms with Crippen LogP contribution in [0.5, 0.6) is 0 Å². The van der Waals surface area contributed by atoms with Gasteiger partial charge in [0.15, 0.2) is 0 Å². The Morgan fingerprint density at radius 1 is 0.540 bits per heavy atom. The molecule has 0 saturated heterocycles. The van der Waals surface area contributed by atoms with Crippen LogP contribution in [0.25, 0.3) is 33.2 Å². The molecule has 0 fully saturated rings. The molecule has 7 aromatic rings. The second kappa shape index (κ2) is 15.9. The predicted octanol–water partition coefficient (Wildman–Crippen LogP) is 10.2. The maximum atomic E-state index is 6.46. The summed E-state index contributed by atoms with van der Waals surface area (Å²) in [4.78, 5) is 0. The van der Waals surface area contributed by atoms with E-state index in [9.17, 15) is 0 Å². The van der Waals surface area contributed by atoms with Gasteiger partial charge in [0, 0.05) is 5.70 Å². The van der Waals surface area contributed by atoms with Gasteiger partial charge in [0.05, 0.1) is 0 Å². The number of hydrogen-bond donors (Lipinski definition) is 3. The van der Waals surface area contributed by atoms with Gasteiger partial charge in [-0.25, -0.2) is 0 Å². The van der Waals surface area contributed by atoms with Crippen LogP contribution in [0, 0.1) is 6.92 Å². The monoisotopic (exact) mass is 649 g/mol. The Morgan fingerprint density at radius 2 is 1.04 bits per heavy atom. The minimum Gasteiger partial charge on any atom is -0.398 e. The van der Waals surface area contributed by atoms with Gasteiger partial charge in [-0.15, -0.1) is 0 Å². The van der Waals surface area contributed by atoms with E-state index in [0.717, 1.165) is 39.9 Å². The van der Waals surface area contributed by atoms with E-state index >= 15 is 0 Å². The van der Waals surface area contributed by atoms with Crippen molar-refractivity contribution in [3.8, 4) is 11.1 Å². The summed E-state index contributed by atoms with van der Waals surface area (Å²) in [6.45, 7) is 2.19. The third kappa shape index (κ3) is 8.16. The van der Waals surface area contributed by atoms with E-state index in [1.807, 2.05) is 97.1 Å². The average molecular weight is 650 g/mol. The Balaban J connectivity index is 0.000000240. The molecule has 3 nitrogen and oxygen atoms in total. The van der Waals surface area contributed by atoms with Gasteiger partial charge in [-0.3, -0.25) is 0 Å². The van der Waals surface area contributed by atoms with Crippen LogP contribution in [0.3, 0.4) is 0 Å². The van der Waals surface area contributed by atoms with Crippen LogP contribution in [0.4, 0.5) is 0 Å². The molecule has 6 N–H and O–H groups in total. The van der Waals surface area contributed by atoms with Gasteiger partial charge in [-0.1, -0.05) is 188 Å². The number of rotatable bonds is 8. The fraction of sp³-hybridized carbons (Fsp3) is 0.0638. The van der Waals surface area contributed by atoms with Crippen molar-refractivity contribution in [3.63, 3.8) is 0 Å². The highest BCUT2D eigenvalue weighted by Gasteiger charge is 2.23. The zero-order valence-corrected chi connectivity index (χ0v) is 28.4. The first-order chi connectivity index (χ1) is 24.4. The Bertz CT molecular complexity index is 2140. The number of benzene rings is 7. The lowest BCUT2D eigenvalue weighted by molar-refractivity contribution is 0.567. The van der Waals surface area contributed by atoms with E-state index < -0.39 is 5.66 Å². The average Bonchev–Trinajstić information content (AvgIpc) is 3.18. The normalized spacial score (nSPS) is 11.9. The molecule has 0 atom stereocenters. The second-order valence-corrected chi connectivity index (χ2v) is 12.5. The molecular weight excluding hydrogens is 607 g/mol. The van der Waals surface area contributed by atoms with Crippen LogP contribution in [0.15, 0.2) is 194 Å². The maximum Gasteiger partial charge on any atom is 0.116 e. The quantitative estimate of drug-likeness (QED) is 0.113. The standard InChI is InChI=1S/C34H29N.C13H14N2/c1-25-10-8-15-30-16-9-17-32(34(25)30)28-21-18-26(19-22-28)20-23-31(27-11-4-2-5-12-27)24-33(35)29-13-6-3-7-14-29;14-13(15,11-7-3-1-4-8-11)12-9-5-2-6-10-12/h2-19,21-24H,20,35H2,1H3;1-10H,14-15H2/b31-23+,33-24-;. The summed E-state index contributed by atoms with van der Waals surface area (Å²) in [5.74, 6) is 0. The zero-order chi connectivity index (χ0) is 34.8. The number of aryl methyl sites for hydroxylation is 1. The molecule has 0 aromatic heterocycles. The molecule has 246 valence electrons. The van der Waals surface area contributed by atoms with Crippen molar-refractivity contribution in [3.05, 3.63) is 228 Å². The van der Waals surface area contributed by atoms with Crippen molar-refractivity contribution in [2.75, 3.05) is 0 Å². The van der Waals surface area contributed by atoms with E-state index in [2.05, 4.69) is 104 Å². The van der Waals surface area contributed by atoms with E-state index in [0.29, 0.717) is 0 Å². The highest BCUT2D eigenvalue weighted by Crippen LogP contribution is 2.31. The third-order valence-corrected chi connectivity index (χ3v) is 8.96. The van der Waals surface area contributed by atoms with E-state index in [1.54, 1.807) is 0 Å². The van der Waals surface area contributed by atoms with Gasteiger partial charge >= 0.3 is 0 Å². The molecule has 0 aliphatic carbocycles. The molecule has 0 unspecified atom stereocenters. The van der Waals surface area contributed by atoms with Gasteiger partial charge in [-0.05, 0) is 80.3 Å². The number of fused-ring (bicyclic) bond motifs is 1. The van der Waals surface area contributed by atoms with Crippen LogP contribution >= 0.6 is 0 Å². The van der Waals surface area contributed by atoms with E-state index in [-0.39, 0.29) is 0 Å². The Hall–Kier alpha value is -6.00. The lowest BCUT2D eigenvalue weighted by Gasteiger charge is -2.25. The first kappa shape index (κ1) is 33.9. The van der Waals surface area contributed by atoms with Crippen LogP contribution in [-0.4, -0.2) is 0 Å². The molecule has 0 aliphatic heterocycles. The lowest BCUT2D eigenvalue weighted by Crippen LogP contribution is -2.46. The van der Waals surface area contributed by atoms with Crippen LogP contribution in [0.2, 0.25) is 0 Å². The molecule has 0 amide bonds. The van der Waals surface area contributed by atoms with Crippen LogP contribution in [-0.2, 0) is 12.1 Å². The van der Waals surface area contributed by atoms with Gasteiger partial charge in [0.1, 0.15) is 5.66 Å². The van der Waals surface area contributed by atoms with Crippen molar-refractivity contribution < 1.29 is 0 Å². The highest BCUT2D eigenvalue weighted by atomic mass is 15.0. The molecule has 50 heavy (non-hydrogen) atoms. The molecule has 7 aromatic carbocycles. The van der Waals surface area contributed by atoms with E-state index in [4.69, 9.17) is 17.2 Å². The first-order valence-corrected chi connectivity index (χ1v) is 16.9. The Morgan fingerprint density at radius 3 is 1.60 bits per heavy atom. The minimum absolute atomic E-state index is 0.766. The smallest absolute Gasteiger partial charge is 0.116 e. The van der Waals surface area contributed by atoms with Crippen molar-refractivity contribution in [2.24, 2.45) is 17.2 Å². The van der Waals surface area contributed by atoms with Crippen LogP contribution < -0.4 is 17.2 Å². The first-order valence-electron chi connectivity index (χ1n) is 16.9. The summed E-state index contributed by atoms with van der Waals surface area (Å²) in [5.41, 5.74) is 28.8. The molecule has 0 radical (unpaired) electrons. The fourth-order valence-electron chi connectivity index (χ4n) is 6.18. The molecule has 3 heteroatoms. The minimum atomic E-state index is -0.914. The molecule has 0 saturated carbocycles. The third-order valence-electron chi connectivity index (χ3n) is 8.96. The summed E-state index contributed by atoms with van der Waals surface area (Å²) < 4.78 is 0. The van der Waals surface area contributed by atoms with Crippen molar-refractivity contribution in [1.82, 2.24) is 0 Å². The van der Waals surface area contributed by atoms with Gasteiger partial charge in [-0.2, -0.15) is 0 Å². The van der Waals surface area contributed by atoms with E-state index in [1.165, 1.54) is 33.0 Å². The summed E-state index contributed by atoms with van der Waals surface area (Å²) in [7, 11) is 0. The topological polar surface area (TPSA) is 78.1 Å². The maximum absolute atomic E-state index is 6.46. The number of hydrogen-bond acceptors (Lipinski definition) is 3. The molecule has 0 heterocycles. The number of allylic oxidation sites excluding steroid dienone is 3. The number of nitrogens with two attached hydrogens (primary N) is 3. The molecule has 0 bridgehead atoms. The Kier molecular flexibility index (Phi) is 10.8. The highest BCUT2D eigenvalue weighted by molar-refractivity contribution is 5.98. The molecule has 0 aliphatic rings. The van der Waals surface area contributed by atoms with Gasteiger partial charge < -0.3 is 17.2 Å². The summed E-state index contributed by atoms with van der Waals surface area (Å²) in [6, 6.07) is 61.9. The SMILES string of the molecule is Cc1cccc2cccc(-c3ccc(C/C=C(\C=C(/N)c4ccccc4)c4ccccc4)cc3)c12.NC(N)(c1ccccc1)c1ccccc1.